The molecule has 1 saturated carbocycles. The van der Waals surface area contributed by atoms with Crippen LogP contribution in [-0.4, -0.2) is 59.2 Å². The lowest BCUT2D eigenvalue weighted by atomic mass is 9.79. The fourth-order valence-corrected chi connectivity index (χ4v) is 3.67. The number of hydrogen-bond acceptors (Lipinski definition) is 4. The second-order valence-electron chi connectivity index (χ2n) is 6.37. The van der Waals surface area contributed by atoms with Crippen molar-refractivity contribution in [3.05, 3.63) is 29.8 Å². The lowest BCUT2D eigenvalue weighted by Gasteiger charge is -2.38. The van der Waals surface area contributed by atoms with Gasteiger partial charge in [0.2, 0.25) is 0 Å². The Balaban J connectivity index is 1.52. The third-order valence-corrected chi connectivity index (χ3v) is 4.90. The summed E-state index contributed by atoms with van der Waals surface area (Å²) in [5.41, 5.74) is 1.74. The predicted molar refractivity (Wildman–Crippen MR) is 85.4 cm³/mol. The van der Waals surface area contributed by atoms with E-state index in [0.717, 1.165) is 31.2 Å². The summed E-state index contributed by atoms with van der Waals surface area (Å²) in [5, 5.41) is 18.5. The third kappa shape index (κ3) is 3.86. The quantitative estimate of drug-likeness (QED) is 0.789. The van der Waals surface area contributed by atoms with Gasteiger partial charge in [-0.15, -0.1) is 0 Å². The second-order valence-corrected chi connectivity index (χ2v) is 6.37. The highest BCUT2D eigenvalue weighted by Gasteiger charge is 2.26. The number of hydrogen-bond donors (Lipinski definition) is 2. The van der Waals surface area contributed by atoms with Crippen LogP contribution in [0.3, 0.4) is 0 Å². The van der Waals surface area contributed by atoms with Crippen LogP contribution >= 0.6 is 0 Å². The molecule has 4 nitrogen and oxygen atoms in total. The van der Waals surface area contributed by atoms with E-state index in [-0.39, 0.29) is 0 Å². The Morgan fingerprint density at radius 1 is 1.05 bits per heavy atom. The van der Waals surface area contributed by atoms with Gasteiger partial charge in [0, 0.05) is 38.8 Å². The SMILES string of the molecule is OB(O)c1cccc(CN2CCN(C3CCCC3)CC2)c1. The van der Waals surface area contributed by atoms with Gasteiger partial charge in [-0.25, -0.2) is 0 Å². The van der Waals surface area contributed by atoms with E-state index in [1.165, 1.54) is 38.8 Å². The Morgan fingerprint density at radius 2 is 1.76 bits per heavy atom. The van der Waals surface area contributed by atoms with Gasteiger partial charge in [0.15, 0.2) is 0 Å². The molecular formula is C16H25BN2O2. The summed E-state index contributed by atoms with van der Waals surface area (Å²) in [6, 6.07) is 8.45. The molecule has 1 aromatic rings. The Hall–Kier alpha value is -0.875. The van der Waals surface area contributed by atoms with Crippen LogP contribution in [-0.2, 0) is 6.54 Å². The molecule has 0 atom stereocenters. The summed E-state index contributed by atoms with van der Waals surface area (Å²) >= 11 is 0. The maximum atomic E-state index is 9.25. The van der Waals surface area contributed by atoms with Crippen LogP contribution in [0.4, 0.5) is 0 Å². The number of benzene rings is 1. The van der Waals surface area contributed by atoms with Crippen LogP contribution in [0.1, 0.15) is 31.2 Å². The minimum absolute atomic E-state index is 0.581. The summed E-state index contributed by atoms with van der Waals surface area (Å²) in [4.78, 5) is 5.13. The molecule has 0 amide bonds. The summed E-state index contributed by atoms with van der Waals surface area (Å²) in [6.45, 7) is 5.48. The van der Waals surface area contributed by atoms with Gasteiger partial charge in [-0.2, -0.15) is 0 Å². The van der Waals surface area contributed by atoms with Crippen molar-refractivity contribution in [3.8, 4) is 0 Å². The summed E-state index contributed by atoms with van der Waals surface area (Å²) in [6.07, 6.45) is 5.58. The highest BCUT2D eigenvalue weighted by atomic mass is 16.4. The van der Waals surface area contributed by atoms with E-state index in [1.807, 2.05) is 12.1 Å². The average molecular weight is 288 g/mol. The smallest absolute Gasteiger partial charge is 0.423 e. The highest BCUT2D eigenvalue weighted by molar-refractivity contribution is 6.58. The van der Waals surface area contributed by atoms with Gasteiger partial charge in [0.1, 0.15) is 0 Å². The molecule has 2 aliphatic rings. The van der Waals surface area contributed by atoms with Crippen LogP contribution in [0.15, 0.2) is 24.3 Å². The van der Waals surface area contributed by atoms with Crippen molar-refractivity contribution >= 4 is 12.6 Å². The van der Waals surface area contributed by atoms with Crippen molar-refractivity contribution in [2.75, 3.05) is 26.2 Å². The first-order chi connectivity index (χ1) is 10.2. The van der Waals surface area contributed by atoms with Gasteiger partial charge in [0.05, 0.1) is 0 Å². The molecular weight excluding hydrogens is 263 g/mol. The van der Waals surface area contributed by atoms with Gasteiger partial charge in [0.25, 0.3) is 0 Å². The normalized spacial score (nSPS) is 21.8. The lowest BCUT2D eigenvalue weighted by molar-refractivity contribution is 0.0937. The number of piperazine rings is 1. The Bertz CT molecular complexity index is 455. The standard InChI is InChI=1S/C16H25BN2O2/c20-17(21)15-5-3-4-14(12-15)13-18-8-10-19(11-9-18)16-6-1-2-7-16/h3-5,12,16,20-21H,1-2,6-11,13H2. The maximum absolute atomic E-state index is 9.25. The fourth-order valence-electron chi connectivity index (χ4n) is 3.67. The zero-order valence-electron chi connectivity index (χ0n) is 12.6. The largest absolute Gasteiger partial charge is 0.488 e. The average Bonchev–Trinajstić information content (AvgIpc) is 3.02. The molecule has 2 N–H and O–H groups in total. The van der Waals surface area contributed by atoms with Gasteiger partial charge >= 0.3 is 7.12 Å². The molecule has 1 aromatic carbocycles. The van der Waals surface area contributed by atoms with Crippen molar-refractivity contribution < 1.29 is 10.0 Å². The minimum Gasteiger partial charge on any atom is -0.423 e. The Kier molecular flexibility index (Phi) is 4.96. The Labute approximate surface area is 127 Å². The molecule has 21 heavy (non-hydrogen) atoms. The van der Waals surface area contributed by atoms with Crippen LogP contribution in [0.5, 0.6) is 0 Å². The molecule has 2 fully saturated rings. The second kappa shape index (κ2) is 6.92. The van der Waals surface area contributed by atoms with Crippen molar-refractivity contribution in [1.29, 1.82) is 0 Å². The van der Waals surface area contributed by atoms with E-state index in [0.29, 0.717) is 5.46 Å². The topological polar surface area (TPSA) is 46.9 Å². The van der Waals surface area contributed by atoms with Gasteiger partial charge in [-0.3, -0.25) is 9.80 Å². The van der Waals surface area contributed by atoms with Gasteiger partial charge in [-0.05, 0) is 23.9 Å². The van der Waals surface area contributed by atoms with E-state index < -0.39 is 7.12 Å². The van der Waals surface area contributed by atoms with E-state index in [2.05, 4.69) is 15.9 Å². The lowest BCUT2D eigenvalue weighted by Crippen LogP contribution is -2.49. The Morgan fingerprint density at radius 3 is 2.43 bits per heavy atom. The summed E-state index contributed by atoms with van der Waals surface area (Å²) in [5.74, 6) is 0. The minimum atomic E-state index is -1.37. The first kappa shape index (κ1) is 15.0. The van der Waals surface area contributed by atoms with Crippen molar-refractivity contribution in [2.45, 2.75) is 38.3 Å². The molecule has 0 unspecified atom stereocenters. The van der Waals surface area contributed by atoms with E-state index in [4.69, 9.17) is 0 Å². The van der Waals surface area contributed by atoms with E-state index >= 15 is 0 Å². The monoisotopic (exact) mass is 288 g/mol. The number of rotatable bonds is 4. The van der Waals surface area contributed by atoms with Crippen molar-refractivity contribution in [3.63, 3.8) is 0 Å². The highest BCUT2D eigenvalue weighted by Crippen LogP contribution is 2.24. The van der Waals surface area contributed by atoms with E-state index in [1.54, 1.807) is 6.07 Å². The van der Waals surface area contributed by atoms with E-state index in [9.17, 15) is 10.0 Å². The first-order valence-electron chi connectivity index (χ1n) is 8.14. The molecule has 5 heteroatoms. The molecule has 0 aromatic heterocycles. The maximum Gasteiger partial charge on any atom is 0.488 e. The van der Waals surface area contributed by atoms with Gasteiger partial charge < -0.3 is 10.0 Å². The predicted octanol–water partition coefficient (Wildman–Crippen LogP) is 0.427. The molecule has 0 spiro atoms. The molecule has 1 aliphatic carbocycles. The number of nitrogens with zero attached hydrogens (tertiary/aromatic N) is 2. The fraction of sp³-hybridized carbons (Fsp3) is 0.625. The van der Waals surface area contributed by atoms with Crippen LogP contribution < -0.4 is 5.46 Å². The zero-order chi connectivity index (χ0) is 14.7. The molecule has 3 rings (SSSR count). The van der Waals surface area contributed by atoms with Crippen LogP contribution in [0.2, 0.25) is 0 Å². The van der Waals surface area contributed by atoms with Crippen LogP contribution in [0, 0.1) is 0 Å². The van der Waals surface area contributed by atoms with Crippen LogP contribution in [0.25, 0.3) is 0 Å². The molecule has 114 valence electrons. The molecule has 1 aliphatic heterocycles. The van der Waals surface area contributed by atoms with Crippen molar-refractivity contribution in [1.82, 2.24) is 9.80 Å². The molecule has 0 bridgehead atoms. The molecule has 0 radical (unpaired) electrons. The van der Waals surface area contributed by atoms with Gasteiger partial charge in [-0.1, -0.05) is 37.1 Å². The zero-order valence-corrected chi connectivity index (χ0v) is 12.6. The first-order valence-corrected chi connectivity index (χ1v) is 8.14. The molecule has 1 heterocycles. The summed E-state index contributed by atoms with van der Waals surface area (Å²) < 4.78 is 0. The summed E-state index contributed by atoms with van der Waals surface area (Å²) in [7, 11) is -1.37. The molecule has 1 saturated heterocycles. The van der Waals surface area contributed by atoms with Crippen molar-refractivity contribution in [2.24, 2.45) is 0 Å². The third-order valence-electron chi connectivity index (χ3n) is 4.90.